The fraction of sp³-hybridized carbons (Fsp3) is 0.286. The highest BCUT2D eigenvalue weighted by atomic mass is 127. The van der Waals surface area contributed by atoms with E-state index in [0.717, 1.165) is 0 Å². The Morgan fingerprint density at radius 3 is 2.91 bits per heavy atom. The first kappa shape index (κ1) is 8.70. The van der Waals surface area contributed by atoms with Crippen LogP contribution in [-0.2, 0) is 6.54 Å². The molecule has 0 spiro atoms. The van der Waals surface area contributed by atoms with Gasteiger partial charge in [-0.05, 0) is 35.6 Å². The van der Waals surface area contributed by atoms with Crippen LogP contribution in [0.5, 0.6) is 0 Å². The Bertz CT molecular complexity index is 321. The molecule has 0 unspecified atom stereocenters. The average molecular weight is 267 g/mol. The van der Waals surface area contributed by atoms with Crippen LogP contribution in [-0.4, -0.2) is 4.57 Å². The highest BCUT2D eigenvalue weighted by molar-refractivity contribution is 14.1. The molecule has 0 radical (unpaired) electrons. The number of pyridine rings is 1. The van der Waals surface area contributed by atoms with Crippen molar-refractivity contribution < 1.29 is 4.39 Å². The standard InChI is InChI=1S/C7H7FINO/c1-2-10-4-5(8)3-6(9)7(10)11/h3-4H,2H2,1H3. The van der Waals surface area contributed by atoms with Crippen LogP contribution in [0.3, 0.4) is 0 Å². The number of hydrogen-bond donors (Lipinski definition) is 0. The molecule has 2 nitrogen and oxygen atoms in total. The Kier molecular flexibility index (Phi) is 2.64. The monoisotopic (exact) mass is 267 g/mol. The molecule has 60 valence electrons. The zero-order valence-electron chi connectivity index (χ0n) is 5.97. The Morgan fingerprint density at radius 1 is 1.73 bits per heavy atom. The second-order valence-electron chi connectivity index (χ2n) is 2.10. The van der Waals surface area contributed by atoms with Gasteiger partial charge in [-0.25, -0.2) is 4.39 Å². The molecule has 0 aliphatic rings. The van der Waals surface area contributed by atoms with Crippen molar-refractivity contribution in [1.82, 2.24) is 4.57 Å². The molecule has 0 atom stereocenters. The summed E-state index contributed by atoms with van der Waals surface area (Å²) in [5.41, 5.74) is -0.130. The van der Waals surface area contributed by atoms with Gasteiger partial charge in [0.2, 0.25) is 0 Å². The second-order valence-corrected chi connectivity index (χ2v) is 3.26. The quantitative estimate of drug-likeness (QED) is 0.708. The van der Waals surface area contributed by atoms with Gasteiger partial charge in [0.15, 0.2) is 0 Å². The minimum Gasteiger partial charge on any atom is -0.312 e. The van der Waals surface area contributed by atoms with E-state index in [1.165, 1.54) is 16.8 Å². The molecular weight excluding hydrogens is 260 g/mol. The summed E-state index contributed by atoms with van der Waals surface area (Å²) >= 11 is 1.83. The number of aryl methyl sites for hydroxylation is 1. The molecule has 1 rings (SSSR count). The minimum absolute atomic E-state index is 0.130. The lowest BCUT2D eigenvalue weighted by Gasteiger charge is -2.00. The van der Waals surface area contributed by atoms with Gasteiger partial charge in [0, 0.05) is 12.7 Å². The number of aromatic nitrogens is 1. The van der Waals surface area contributed by atoms with Crippen molar-refractivity contribution in [1.29, 1.82) is 0 Å². The topological polar surface area (TPSA) is 22.0 Å². The Morgan fingerprint density at radius 2 is 2.36 bits per heavy atom. The fourth-order valence-electron chi connectivity index (χ4n) is 0.800. The molecule has 0 N–H and O–H groups in total. The summed E-state index contributed by atoms with van der Waals surface area (Å²) < 4.78 is 14.4. The first-order valence-corrected chi connectivity index (χ1v) is 4.28. The Balaban J connectivity index is 3.37. The van der Waals surface area contributed by atoms with Gasteiger partial charge in [-0.15, -0.1) is 0 Å². The lowest BCUT2D eigenvalue weighted by Crippen LogP contribution is -2.21. The highest BCUT2D eigenvalue weighted by Gasteiger charge is 2.01. The Hall–Kier alpha value is -0.390. The zero-order chi connectivity index (χ0) is 8.43. The molecule has 0 aliphatic carbocycles. The first-order valence-electron chi connectivity index (χ1n) is 3.20. The number of halogens is 2. The van der Waals surface area contributed by atoms with Crippen molar-refractivity contribution >= 4 is 22.6 Å². The third-order valence-corrected chi connectivity index (χ3v) is 2.12. The van der Waals surface area contributed by atoms with Gasteiger partial charge in [0.05, 0.1) is 3.57 Å². The van der Waals surface area contributed by atoms with Gasteiger partial charge in [-0.1, -0.05) is 0 Å². The van der Waals surface area contributed by atoms with Gasteiger partial charge >= 0.3 is 0 Å². The van der Waals surface area contributed by atoms with Crippen LogP contribution < -0.4 is 5.56 Å². The van der Waals surface area contributed by atoms with E-state index >= 15 is 0 Å². The molecule has 0 saturated carbocycles. The van der Waals surface area contributed by atoms with Gasteiger partial charge in [-0.2, -0.15) is 0 Å². The van der Waals surface area contributed by atoms with E-state index in [4.69, 9.17) is 0 Å². The van der Waals surface area contributed by atoms with Crippen LogP contribution in [0.1, 0.15) is 6.92 Å². The van der Waals surface area contributed by atoms with E-state index in [-0.39, 0.29) is 11.4 Å². The predicted octanol–water partition coefficient (Wildman–Crippen LogP) is 1.61. The summed E-state index contributed by atoms with van der Waals surface area (Å²) in [5.74, 6) is -0.365. The van der Waals surface area contributed by atoms with Crippen molar-refractivity contribution in [2.75, 3.05) is 0 Å². The van der Waals surface area contributed by atoms with E-state index in [2.05, 4.69) is 0 Å². The summed E-state index contributed by atoms with van der Waals surface area (Å²) in [7, 11) is 0. The van der Waals surface area contributed by atoms with E-state index in [1.54, 1.807) is 6.92 Å². The molecule has 4 heteroatoms. The second kappa shape index (κ2) is 3.34. The molecule has 0 saturated heterocycles. The van der Waals surface area contributed by atoms with E-state index < -0.39 is 0 Å². The van der Waals surface area contributed by atoms with Crippen molar-refractivity contribution in [3.05, 3.63) is 32.0 Å². The van der Waals surface area contributed by atoms with E-state index in [1.807, 2.05) is 22.6 Å². The van der Waals surface area contributed by atoms with E-state index in [9.17, 15) is 9.18 Å². The predicted molar refractivity (Wildman–Crippen MR) is 49.1 cm³/mol. The lowest BCUT2D eigenvalue weighted by molar-refractivity contribution is 0.588. The number of hydrogen-bond acceptors (Lipinski definition) is 1. The van der Waals surface area contributed by atoms with Crippen LogP contribution in [0.25, 0.3) is 0 Å². The molecular formula is C7H7FINO. The van der Waals surface area contributed by atoms with Crippen molar-refractivity contribution in [3.63, 3.8) is 0 Å². The van der Waals surface area contributed by atoms with Crippen LogP contribution in [0.2, 0.25) is 0 Å². The lowest BCUT2D eigenvalue weighted by atomic mass is 10.4. The smallest absolute Gasteiger partial charge is 0.264 e. The summed E-state index contributed by atoms with van der Waals surface area (Å²) in [6, 6.07) is 1.23. The Labute approximate surface area is 77.2 Å². The minimum atomic E-state index is -0.365. The maximum atomic E-state index is 12.6. The molecule has 0 aromatic carbocycles. The molecule has 11 heavy (non-hydrogen) atoms. The third kappa shape index (κ3) is 1.79. The molecule has 1 aromatic rings. The molecule has 0 bridgehead atoms. The summed E-state index contributed by atoms with van der Waals surface area (Å²) in [5, 5.41) is 0. The van der Waals surface area contributed by atoms with Crippen molar-refractivity contribution in [2.45, 2.75) is 13.5 Å². The van der Waals surface area contributed by atoms with Crippen molar-refractivity contribution in [3.8, 4) is 0 Å². The summed E-state index contributed by atoms with van der Waals surface area (Å²) in [4.78, 5) is 11.1. The first-order chi connectivity index (χ1) is 5.15. The van der Waals surface area contributed by atoms with Gasteiger partial charge in [0.25, 0.3) is 5.56 Å². The maximum absolute atomic E-state index is 12.6. The number of rotatable bonds is 1. The molecule has 0 amide bonds. The molecule has 0 aliphatic heterocycles. The van der Waals surface area contributed by atoms with Crippen LogP contribution in [0.4, 0.5) is 4.39 Å². The van der Waals surface area contributed by atoms with Gasteiger partial charge < -0.3 is 4.57 Å². The SMILES string of the molecule is CCn1cc(F)cc(I)c1=O. The average Bonchev–Trinajstić information content (AvgIpc) is 1.96. The summed E-state index contributed by atoms with van der Waals surface area (Å²) in [6.07, 6.45) is 1.21. The largest absolute Gasteiger partial charge is 0.312 e. The van der Waals surface area contributed by atoms with Crippen LogP contribution in [0, 0.1) is 9.39 Å². The normalized spacial score (nSPS) is 10.1. The highest BCUT2D eigenvalue weighted by Crippen LogP contribution is 2.00. The van der Waals surface area contributed by atoms with Crippen molar-refractivity contribution in [2.24, 2.45) is 0 Å². The fourth-order valence-corrected chi connectivity index (χ4v) is 1.41. The summed E-state index contributed by atoms with van der Waals surface area (Å²) in [6.45, 7) is 2.31. The number of nitrogens with zero attached hydrogens (tertiary/aromatic N) is 1. The van der Waals surface area contributed by atoms with E-state index in [0.29, 0.717) is 10.1 Å². The molecule has 1 aromatic heterocycles. The maximum Gasteiger partial charge on any atom is 0.264 e. The van der Waals surface area contributed by atoms with Crippen LogP contribution in [0.15, 0.2) is 17.1 Å². The third-order valence-electron chi connectivity index (χ3n) is 1.35. The van der Waals surface area contributed by atoms with Gasteiger partial charge in [-0.3, -0.25) is 4.79 Å². The molecule has 1 heterocycles. The zero-order valence-corrected chi connectivity index (χ0v) is 8.13. The van der Waals surface area contributed by atoms with Crippen LogP contribution >= 0.6 is 22.6 Å². The molecule has 0 fully saturated rings. The van der Waals surface area contributed by atoms with Gasteiger partial charge in [0.1, 0.15) is 5.82 Å².